The molecule has 0 saturated heterocycles. The van der Waals surface area contributed by atoms with Gasteiger partial charge in [0.15, 0.2) is 5.76 Å². The van der Waals surface area contributed by atoms with Crippen molar-refractivity contribution in [2.75, 3.05) is 5.32 Å². The lowest BCUT2D eigenvalue weighted by atomic mass is 9.53. The van der Waals surface area contributed by atoms with Crippen LogP contribution in [0.4, 0.5) is 6.01 Å². The third kappa shape index (κ3) is 1.92. The molecule has 4 aliphatic rings. The van der Waals surface area contributed by atoms with Crippen LogP contribution in [-0.2, 0) is 0 Å². The van der Waals surface area contributed by atoms with Crippen molar-refractivity contribution in [3.05, 3.63) is 5.76 Å². The molecule has 0 radical (unpaired) electrons. The van der Waals surface area contributed by atoms with Gasteiger partial charge in [0, 0.05) is 11.5 Å². The van der Waals surface area contributed by atoms with Crippen LogP contribution in [0, 0.1) is 17.8 Å². The Bertz CT molecular complexity index is 485. The van der Waals surface area contributed by atoms with Crippen LogP contribution in [0.1, 0.15) is 64.1 Å². The normalized spacial score (nSPS) is 38.6. The van der Waals surface area contributed by atoms with Gasteiger partial charge in [0.1, 0.15) is 0 Å². The Morgan fingerprint density at radius 1 is 1.15 bits per heavy atom. The number of anilines is 1. The van der Waals surface area contributed by atoms with Crippen LogP contribution in [0.3, 0.4) is 0 Å². The molecule has 4 aliphatic carbocycles. The summed E-state index contributed by atoms with van der Waals surface area (Å²) in [6, 6.07) is 0.521. The van der Waals surface area contributed by atoms with E-state index in [2.05, 4.69) is 10.3 Å². The highest BCUT2D eigenvalue weighted by Gasteiger charge is 2.51. The van der Waals surface area contributed by atoms with Gasteiger partial charge in [-0.3, -0.25) is 0 Å². The van der Waals surface area contributed by atoms with Crippen molar-refractivity contribution >= 4 is 6.01 Å². The smallest absolute Gasteiger partial charge is 0.298 e. The second-order valence-electron chi connectivity index (χ2n) is 7.68. The fourth-order valence-corrected chi connectivity index (χ4v) is 5.24. The lowest BCUT2D eigenvalue weighted by molar-refractivity contribution is 0.00958. The molecule has 0 unspecified atom stereocenters. The maximum Gasteiger partial charge on any atom is 0.298 e. The van der Waals surface area contributed by atoms with Crippen LogP contribution in [0.15, 0.2) is 4.42 Å². The van der Waals surface area contributed by atoms with Gasteiger partial charge in [0.25, 0.3) is 11.9 Å². The van der Waals surface area contributed by atoms with Gasteiger partial charge in [0.2, 0.25) is 0 Å². The van der Waals surface area contributed by atoms with Gasteiger partial charge in [-0.1, -0.05) is 13.8 Å². The van der Waals surface area contributed by atoms with Crippen molar-refractivity contribution in [3.8, 4) is 5.88 Å². The number of rotatable bonds is 3. The zero-order chi connectivity index (χ0) is 13.9. The highest BCUT2D eigenvalue weighted by Crippen LogP contribution is 2.56. The first-order chi connectivity index (χ1) is 9.53. The van der Waals surface area contributed by atoms with E-state index < -0.39 is 0 Å². The van der Waals surface area contributed by atoms with Crippen LogP contribution in [0.2, 0.25) is 0 Å². The van der Waals surface area contributed by atoms with Crippen LogP contribution < -0.4 is 5.32 Å². The molecule has 20 heavy (non-hydrogen) atoms. The van der Waals surface area contributed by atoms with Gasteiger partial charge in [-0.15, -0.1) is 0 Å². The number of oxazole rings is 1. The van der Waals surface area contributed by atoms with Gasteiger partial charge in [-0.25, -0.2) is 0 Å². The largest absolute Gasteiger partial charge is 0.491 e. The molecule has 1 aromatic rings. The number of nitrogens with one attached hydrogen (secondary N) is 1. The van der Waals surface area contributed by atoms with E-state index in [4.69, 9.17) is 4.42 Å². The highest BCUT2D eigenvalue weighted by atomic mass is 16.4. The van der Waals surface area contributed by atoms with Crippen LogP contribution in [-0.4, -0.2) is 15.6 Å². The number of aromatic nitrogens is 1. The average molecular weight is 276 g/mol. The van der Waals surface area contributed by atoms with Gasteiger partial charge in [-0.2, -0.15) is 4.98 Å². The molecule has 0 aliphatic heterocycles. The molecule has 1 aromatic heterocycles. The molecular formula is C16H24N2O2. The van der Waals surface area contributed by atoms with E-state index in [0.717, 1.165) is 17.8 Å². The van der Waals surface area contributed by atoms with Crippen LogP contribution in [0.25, 0.3) is 0 Å². The maximum atomic E-state index is 9.87. The summed E-state index contributed by atoms with van der Waals surface area (Å²) in [5.41, 5.74) is 0.181. The second-order valence-corrected chi connectivity index (χ2v) is 7.68. The summed E-state index contributed by atoms with van der Waals surface area (Å²) < 4.78 is 5.74. The minimum absolute atomic E-state index is 0.0484. The molecule has 4 heteroatoms. The first-order valence-electron chi connectivity index (χ1n) is 8.01. The van der Waals surface area contributed by atoms with Crippen molar-refractivity contribution in [1.82, 2.24) is 4.98 Å². The number of hydrogen-bond acceptors (Lipinski definition) is 4. The summed E-state index contributed by atoms with van der Waals surface area (Å²) >= 11 is 0. The molecular weight excluding hydrogens is 252 g/mol. The van der Waals surface area contributed by atoms with Crippen molar-refractivity contribution < 1.29 is 9.52 Å². The molecule has 2 N–H and O–H groups in total. The predicted molar refractivity (Wildman–Crippen MR) is 76.8 cm³/mol. The first kappa shape index (κ1) is 12.5. The first-order valence-corrected chi connectivity index (χ1v) is 8.01. The summed E-state index contributed by atoms with van der Waals surface area (Å²) in [7, 11) is 0. The van der Waals surface area contributed by atoms with E-state index in [-0.39, 0.29) is 17.3 Å². The Kier molecular flexibility index (Phi) is 2.60. The lowest BCUT2D eigenvalue weighted by Crippen LogP contribution is -2.54. The quantitative estimate of drug-likeness (QED) is 0.879. The minimum Gasteiger partial charge on any atom is -0.491 e. The molecule has 4 saturated carbocycles. The van der Waals surface area contributed by atoms with E-state index in [9.17, 15) is 5.11 Å². The van der Waals surface area contributed by atoms with Crippen molar-refractivity contribution in [3.63, 3.8) is 0 Å². The summed E-state index contributed by atoms with van der Waals surface area (Å²) in [4.78, 5) is 4.19. The Morgan fingerprint density at radius 2 is 1.70 bits per heavy atom. The fraction of sp³-hybridized carbons (Fsp3) is 0.812. The van der Waals surface area contributed by atoms with Gasteiger partial charge >= 0.3 is 0 Å². The van der Waals surface area contributed by atoms with Crippen molar-refractivity contribution in [2.45, 2.75) is 63.8 Å². The zero-order valence-electron chi connectivity index (χ0n) is 12.4. The van der Waals surface area contributed by atoms with E-state index in [1.807, 2.05) is 13.8 Å². The predicted octanol–water partition coefficient (Wildman–Crippen LogP) is 3.88. The average Bonchev–Trinajstić information content (AvgIpc) is 2.67. The molecule has 110 valence electrons. The molecule has 1 heterocycles. The summed E-state index contributed by atoms with van der Waals surface area (Å²) in [5, 5.41) is 13.4. The van der Waals surface area contributed by atoms with Crippen molar-refractivity contribution in [2.24, 2.45) is 17.8 Å². The van der Waals surface area contributed by atoms with E-state index in [1.54, 1.807) is 0 Å². The fourth-order valence-electron chi connectivity index (χ4n) is 5.24. The summed E-state index contributed by atoms with van der Waals surface area (Å²) in [5.74, 6) is 3.48. The number of hydrogen-bond donors (Lipinski definition) is 2. The monoisotopic (exact) mass is 276 g/mol. The van der Waals surface area contributed by atoms with E-state index in [0.29, 0.717) is 11.8 Å². The Morgan fingerprint density at radius 3 is 2.15 bits per heavy atom. The van der Waals surface area contributed by atoms with Gasteiger partial charge in [-0.05, 0) is 56.3 Å². The lowest BCUT2D eigenvalue weighted by Gasteiger charge is -2.56. The summed E-state index contributed by atoms with van der Waals surface area (Å²) in [6.07, 6.45) is 8.02. The van der Waals surface area contributed by atoms with Gasteiger partial charge < -0.3 is 14.8 Å². The minimum atomic E-state index is 0.0484. The molecule has 0 aromatic carbocycles. The number of aromatic hydroxyl groups is 1. The van der Waals surface area contributed by atoms with E-state index >= 15 is 0 Å². The molecule has 0 spiro atoms. The van der Waals surface area contributed by atoms with E-state index in [1.165, 1.54) is 38.5 Å². The molecule has 4 fully saturated rings. The Labute approximate surface area is 120 Å². The molecule has 4 bridgehead atoms. The van der Waals surface area contributed by atoms with Gasteiger partial charge in [0.05, 0.1) is 0 Å². The Hall–Kier alpha value is -1.19. The molecule has 5 rings (SSSR count). The van der Waals surface area contributed by atoms with Crippen LogP contribution in [0.5, 0.6) is 5.88 Å². The number of nitrogens with zero attached hydrogens (tertiary/aromatic N) is 1. The third-order valence-corrected chi connectivity index (χ3v) is 5.57. The Balaban J connectivity index is 1.58. The van der Waals surface area contributed by atoms with Crippen molar-refractivity contribution in [1.29, 1.82) is 0 Å². The molecule has 0 atom stereocenters. The second kappa shape index (κ2) is 4.15. The summed E-state index contributed by atoms with van der Waals surface area (Å²) in [6.45, 7) is 4.02. The standard InChI is InChI=1S/C16H24N2O2/c1-9(2)13-14(19)17-15(20-13)18-16-6-10-3-11(7-16)5-12(4-10)8-16/h9-12,19H,3-8H2,1-2H3,(H,17,18). The third-order valence-electron chi connectivity index (χ3n) is 5.57. The molecule has 4 nitrogen and oxygen atoms in total. The topological polar surface area (TPSA) is 58.3 Å². The highest BCUT2D eigenvalue weighted by molar-refractivity contribution is 5.34. The zero-order valence-corrected chi connectivity index (χ0v) is 12.4. The van der Waals surface area contributed by atoms with Crippen LogP contribution >= 0.6 is 0 Å². The molecule has 0 amide bonds. The maximum absolute atomic E-state index is 9.87. The SMILES string of the molecule is CC(C)c1oc(NC23CC4CC(CC(C4)C2)C3)nc1O.